The highest BCUT2D eigenvalue weighted by Crippen LogP contribution is 2.23. The van der Waals surface area contributed by atoms with Crippen LogP contribution >= 0.6 is 0 Å². The Morgan fingerprint density at radius 2 is 2.00 bits per heavy atom. The van der Waals surface area contributed by atoms with Crippen molar-refractivity contribution >= 4 is 16.0 Å². The zero-order valence-corrected chi connectivity index (χ0v) is 18.3. The molecule has 0 amide bonds. The number of aromatic nitrogens is 3. The van der Waals surface area contributed by atoms with Crippen LogP contribution in [0.3, 0.4) is 0 Å². The van der Waals surface area contributed by atoms with Gasteiger partial charge in [0.05, 0.1) is 27.9 Å². The average molecular weight is 445 g/mol. The summed E-state index contributed by atoms with van der Waals surface area (Å²) in [7, 11) is -2.48. The van der Waals surface area contributed by atoms with Crippen LogP contribution in [0.2, 0.25) is 0 Å². The van der Waals surface area contributed by atoms with Crippen molar-refractivity contribution in [1.82, 2.24) is 19.5 Å². The van der Waals surface area contributed by atoms with E-state index in [1.807, 2.05) is 6.07 Å². The molecule has 0 aliphatic carbocycles. The zero-order chi connectivity index (χ0) is 22.6. The van der Waals surface area contributed by atoms with Crippen LogP contribution in [0.1, 0.15) is 19.4 Å². The van der Waals surface area contributed by atoms with Crippen LogP contribution in [0, 0.1) is 5.41 Å². The molecule has 0 bridgehead atoms. The van der Waals surface area contributed by atoms with Gasteiger partial charge in [-0.25, -0.2) is 8.42 Å². The predicted octanol–water partition coefficient (Wildman–Crippen LogP) is 2.78. The minimum Gasteiger partial charge on any atom is -0.487 e. The Morgan fingerprint density at radius 1 is 1.23 bits per heavy atom. The number of aliphatic carboxylic acids is 1. The maximum absolute atomic E-state index is 12.9. The second kappa shape index (κ2) is 8.86. The van der Waals surface area contributed by atoms with Crippen LogP contribution in [0.25, 0.3) is 11.4 Å². The molecule has 164 valence electrons. The van der Waals surface area contributed by atoms with Crippen molar-refractivity contribution in [1.29, 1.82) is 0 Å². The molecule has 2 heterocycles. The summed E-state index contributed by atoms with van der Waals surface area (Å²) >= 11 is 0. The topological polar surface area (TPSA) is 125 Å². The highest BCUT2D eigenvalue weighted by Gasteiger charge is 2.33. The second-order valence-electron chi connectivity index (χ2n) is 7.74. The number of hydrogen-bond donors (Lipinski definition) is 2. The van der Waals surface area contributed by atoms with E-state index < -0.39 is 21.4 Å². The summed E-state index contributed by atoms with van der Waals surface area (Å²) in [4.78, 5) is 15.7. The van der Waals surface area contributed by atoms with Gasteiger partial charge in [-0.2, -0.15) is 9.40 Å². The van der Waals surface area contributed by atoms with Gasteiger partial charge in [-0.3, -0.25) is 14.9 Å². The number of carbonyl (C=O) groups is 1. The fourth-order valence-electron chi connectivity index (χ4n) is 2.88. The molecule has 0 spiro atoms. The summed E-state index contributed by atoms with van der Waals surface area (Å²) in [6, 6.07) is 11.8. The van der Waals surface area contributed by atoms with E-state index in [0.29, 0.717) is 11.3 Å². The van der Waals surface area contributed by atoms with E-state index in [1.54, 1.807) is 36.7 Å². The van der Waals surface area contributed by atoms with E-state index in [-0.39, 0.29) is 18.0 Å². The molecule has 3 rings (SSSR count). The standard InChI is InChI=1S/C21H24N4O5S/c1-21(2,20(26)27)14-25(3)31(28,29)17-6-4-5-15(11-17)13-30-16-7-8-18(22-12-16)19-9-10-23-24-19/h4-12H,13-14H2,1-3H3,(H,23,24)(H,26,27). The van der Waals surface area contributed by atoms with Crippen LogP contribution in [-0.4, -0.2) is 52.6 Å². The third kappa shape index (κ3) is 5.28. The molecule has 0 aliphatic rings. The Morgan fingerprint density at radius 3 is 2.61 bits per heavy atom. The molecule has 2 aromatic heterocycles. The van der Waals surface area contributed by atoms with Gasteiger partial charge in [0.1, 0.15) is 12.4 Å². The quantitative estimate of drug-likeness (QED) is 0.520. The van der Waals surface area contributed by atoms with Gasteiger partial charge in [0.25, 0.3) is 0 Å². The van der Waals surface area contributed by atoms with Gasteiger partial charge in [-0.1, -0.05) is 12.1 Å². The van der Waals surface area contributed by atoms with Crippen LogP contribution in [0.5, 0.6) is 5.75 Å². The average Bonchev–Trinajstić information content (AvgIpc) is 3.27. The number of aromatic amines is 1. The first kappa shape index (κ1) is 22.4. The number of pyridine rings is 1. The van der Waals surface area contributed by atoms with Gasteiger partial charge in [0.15, 0.2) is 0 Å². The summed E-state index contributed by atoms with van der Waals surface area (Å²) in [6.07, 6.45) is 3.22. The Labute approximate surface area is 180 Å². The molecule has 0 aliphatic heterocycles. The second-order valence-corrected chi connectivity index (χ2v) is 9.78. The summed E-state index contributed by atoms with van der Waals surface area (Å²) in [5, 5.41) is 16.0. The molecule has 0 saturated carbocycles. The molecular weight excluding hydrogens is 420 g/mol. The Bertz CT molecular complexity index is 1140. The summed E-state index contributed by atoms with van der Waals surface area (Å²) in [5.41, 5.74) is 0.965. The number of benzene rings is 1. The highest BCUT2D eigenvalue weighted by atomic mass is 32.2. The predicted molar refractivity (Wildman–Crippen MR) is 114 cm³/mol. The molecule has 1 aromatic carbocycles. The van der Waals surface area contributed by atoms with Gasteiger partial charge < -0.3 is 9.84 Å². The maximum atomic E-state index is 12.9. The van der Waals surface area contributed by atoms with Gasteiger partial charge in [0, 0.05) is 19.8 Å². The normalized spacial score (nSPS) is 12.1. The fourth-order valence-corrected chi connectivity index (χ4v) is 4.28. The molecule has 0 fully saturated rings. The third-order valence-corrected chi connectivity index (χ3v) is 6.52. The third-order valence-electron chi connectivity index (χ3n) is 4.72. The number of nitrogens with one attached hydrogen (secondary N) is 1. The zero-order valence-electron chi connectivity index (χ0n) is 17.4. The molecule has 10 heteroatoms. The van der Waals surface area contributed by atoms with E-state index in [0.717, 1.165) is 15.7 Å². The highest BCUT2D eigenvalue weighted by molar-refractivity contribution is 7.89. The van der Waals surface area contributed by atoms with Crippen LogP contribution in [-0.2, 0) is 21.4 Å². The van der Waals surface area contributed by atoms with Gasteiger partial charge in [-0.05, 0) is 49.7 Å². The number of hydrogen-bond acceptors (Lipinski definition) is 6. The number of ether oxygens (including phenoxy) is 1. The number of sulfonamides is 1. The summed E-state index contributed by atoms with van der Waals surface area (Å²) < 4.78 is 32.6. The first-order chi connectivity index (χ1) is 14.6. The monoisotopic (exact) mass is 444 g/mol. The smallest absolute Gasteiger partial charge is 0.310 e. The first-order valence-corrected chi connectivity index (χ1v) is 10.9. The van der Waals surface area contributed by atoms with Crippen LogP contribution < -0.4 is 4.74 Å². The molecule has 3 aromatic rings. The lowest BCUT2D eigenvalue weighted by Gasteiger charge is -2.26. The fraction of sp³-hybridized carbons (Fsp3) is 0.286. The van der Waals surface area contributed by atoms with Crippen LogP contribution in [0.4, 0.5) is 0 Å². The number of H-pyrrole nitrogens is 1. The van der Waals surface area contributed by atoms with Gasteiger partial charge >= 0.3 is 5.97 Å². The van der Waals surface area contributed by atoms with Crippen molar-refractivity contribution in [3.05, 3.63) is 60.4 Å². The molecule has 9 nitrogen and oxygen atoms in total. The SMILES string of the molecule is CN(CC(C)(C)C(=O)O)S(=O)(=O)c1cccc(COc2ccc(-c3ccn[nH]3)nc2)c1. The largest absolute Gasteiger partial charge is 0.487 e. The van der Waals surface area contributed by atoms with Crippen LogP contribution in [0.15, 0.2) is 59.8 Å². The van der Waals surface area contributed by atoms with E-state index in [2.05, 4.69) is 15.2 Å². The van der Waals surface area contributed by atoms with Crippen molar-refractivity contribution < 1.29 is 23.1 Å². The van der Waals surface area contributed by atoms with Crippen molar-refractivity contribution in [2.24, 2.45) is 5.41 Å². The first-order valence-electron chi connectivity index (χ1n) is 9.47. The van der Waals surface area contributed by atoms with Crippen molar-refractivity contribution in [2.75, 3.05) is 13.6 Å². The van der Waals surface area contributed by atoms with Crippen molar-refractivity contribution in [3.63, 3.8) is 0 Å². The van der Waals surface area contributed by atoms with Crippen molar-refractivity contribution in [3.8, 4) is 17.1 Å². The molecular formula is C21H24N4O5S. The lowest BCUT2D eigenvalue weighted by molar-refractivity contribution is -0.147. The number of nitrogens with zero attached hydrogens (tertiary/aromatic N) is 3. The maximum Gasteiger partial charge on any atom is 0.310 e. The molecule has 0 saturated heterocycles. The van der Waals surface area contributed by atoms with E-state index >= 15 is 0 Å². The Kier molecular flexibility index (Phi) is 6.42. The Balaban J connectivity index is 1.69. The van der Waals surface area contributed by atoms with E-state index in [9.17, 15) is 18.3 Å². The Hall–Kier alpha value is -3.24. The molecule has 0 radical (unpaired) electrons. The van der Waals surface area contributed by atoms with Gasteiger partial charge in [-0.15, -0.1) is 0 Å². The molecule has 0 unspecified atom stereocenters. The van der Waals surface area contributed by atoms with Crippen molar-refractivity contribution in [2.45, 2.75) is 25.3 Å². The minimum absolute atomic E-state index is 0.0741. The molecule has 0 atom stereocenters. The molecule has 31 heavy (non-hydrogen) atoms. The van der Waals surface area contributed by atoms with E-state index in [1.165, 1.54) is 33.0 Å². The summed E-state index contributed by atoms with van der Waals surface area (Å²) in [5.74, 6) is -0.527. The lowest BCUT2D eigenvalue weighted by Crippen LogP contribution is -2.40. The number of carboxylic acid groups (broad SMARTS) is 1. The lowest BCUT2D eigenvalue weighted by atomic mass is 9.94. The number of carboxylic acids is 1. The number of rotatable bonds is 9. The molecule has 2 N–H and O–H groups in total. The minimum atomic E-state index is -3.85. The van der Waals surface area contributed by atoms with E-state index in [4.69, 9.17) is 4.74 Å². The summed E-state index contributed by atoms with van der Waals surface area (Å²) in [6.45, 7) is 2.97. The van der Waals surface area contributed by atoms with Gasteiger partial charge in [0.2, 0.25) is 10.0 Å².